The minimum Gasteiger partial charge on any atom is -0.480 e. The van der Waals surface area contributed by atoms with E-state index in [4.69, 9.17) is 9.84 Å². The van der Waals surface area contributed by atoms with Crippen LogP contribution in [0.3, 0.4) is 0 Å². The maximum atomic E-state index is 11.5. The zero-order valence-electron chi connectivity index (χ0n) is 9.10. The smallest absolute Gasteiger partial charge is 0.323 e. The molecule has 1 heterocycles. The summed E-state index contributed by atoms with van der Waals surface area (Å²) in [6, 6.07) is -1.76. The topological polar surface area (TPSA) is 95.9 Å². The standard InChI is InChI=1S/C9H14N2O5/c1-11-7(12)3-5(8(11)13)10-6(4-16-2)9(14)15/h5-6,10H,3-4H2,1-2H3,(H,14,15). The molecule has 2 amide bonds. The first kappa shape index (κ1) is 12.6. The lowest BCUT2D eigenvalue weighted by atomic mass is 10.2. The summed E-state index contributed by atoms with van der Waals surface area (Å²) in [5, 5.41) is 11.4. The van der Waals surface area contributed by atoms with Gasteiger partial charge in [0.25, 0.3) is 0 Å². The molecule has 0 aliphatic carbocycles. The number of methoxy groups -OCH3 is 1. The molecule has 90 valence electrons. The van der Waals surface area contributed by atoms with Crippen molar-refractivity contribution in [3.63, 3.8) is 0 Å². The van der Waals surface area contributed by atoms with Crippen molar-refractivity contribution in [2.24, 2.45) is 0 Å². The Kier molecular flexibility index (Phi) is 3.97. The van der Waals surface area contributed by atoms with Crippen molar-refractivity contribution in [3.05, 3.63) is 0 Å². The number of carboxylic acids is 1. The molecule has 1 rings (SSSR count). The Balaban J connectivity index is 2.62. The molecule has 0 aromatic rings. The van der Waals surface area contributed by atoms with Crippen LogP contribution in [0.2, 0.25) is 0 Å². The van der Waals surface area contributed by atoms with E-state index < -0.39 is 24.0 Å². The van der Waals surface area contributed by atoms with Crippen molar-refractivity contribution in [1.29, 1.82) is 0 Å². The minimum absolute atomic E-state index is 0.0111. The molecule has 0 saturated carbocycles. The fraction of sp³-hybridized carbons (Fsp3) is 0.667. The number of hydrogen-bond donors (Lipinski definition) is 2. The van der Waals surface area contributed by atoms with E-state index in [0.717, 1.165) is 4.90 Å². The maximum absolute atomic E-state index is 11.5. The number of likely N-dealkylation sites (N-methyl/N-ethyl adjacent to an activating group) is 1. The SMILES string of the molecule is COCC(NC1CC(=O)N(C)C1=O)C(=O)O. The molecular weight excluding hydrogens is 216 g/mol. The molecule has 1 fully saturated rings. The second-order valence-electron chi connectivity index (χ2n) is 3.56. The van der Waals surface area contributed by atoms with Gasteiger partial charge >= 0.3 is 5.97 Å². The van der Waals surface area contributed by atoms with E-state index in [1.807, 2.05) is 0 Å². The number of imide groups is 1. The quantitative estimate of drug-likeness (QED) is 0.554. The number of nitrogens with one attached hydrogen (secondary N) is 1. The third kappa shape index (κ3) is 2.56. The van der Waals surface area contributed by atoms with Crippen LogP contribution in [0.5, 0.6) is 0 Å². The lowest BCUT2D eigenvalue weighted by Crippen LogP contribution is -2.48. The molecule has 0 bridgehead atoms. The number of rotatable bonds is 5. The predicted octanol–water partition coefficient (Wildman–Crippen LogP) is -1.57. The Labute approximate surface area is 92.4 Å². The molecule has 7 heteroatoms. The summed E-state index contributed by atoms with van der Waals surface area (Å²) >= 11 is 0. The van der Waals surface area contributed by atoms with Crippen molar-refractivity contribution >= 4 is 17.8 Å². The highest BCUT2D eigenvalue weighted by molar-refractivity contribution is 6.05. The van der Waals surface area contributed by atoms with Crippen LogP contribution >= 0.6 is 0 Å². The first-order valence-electron chi connectivity index (χ1n) is 4.75. The van der Waals surface area contributed by atoms with Gasteiger partial charge in [-0.05, 0) is 0 Å². The van der Waals surface area contributed by atoms with Gasteiger partial charge in [-0.3, -0.25) is 24.6 Å². The minimum atomic E-state index is -1.11. The van der Waals surface area contributed by atoms with Crippen LogP contribution in [0.4, 0.5) is 0 Å². The Hall–Kier alpha value is -1.47. The molecule has 1 saturated heterocycles. The van der Waals surface area contributed by atoms with E-state index in [1.54, 1.807) is 0 Å². The van der Waals surface area contributed by atoms with Gasteiger partial charge in [-0.1, -0.05) is 0 Å². The molecule has 7 nitrogen and oxygen atoms in total. The van der Waals surface area contributed by atoms with Crippen molar-refractivity contribution in [3.8, 4) is 0 Å². The molecule has 2 unspecified atom stereocenters. The molecule has 2 atom stereocenters. The Morgan fingerprint density at radius 1 is 1.69 bits per heavy atom. The highest BCUT2D eigenvalue weighted by Crippen LogP contribution is 2.11. The van der Waals surface area contributed by atoms with E-state index in [0.29, 0.717) is 0 Å². The molecule has 0 radical (unpaired) electrons. The number of nitrogens with zero attached hydrogens (tertiary/aromatic N) is 1. The molecule has 1 aliphatic rings. The summed E-state index contributed by atoms with van der Waals surface area (Å²) in [5.41, 5.74) is 0. The summed E-state index contributed by atoms with van der Waals surface area (Å²) in [4.78, 5) is 34.5. The van der Waals surface area contributed by atoms with Crippen LogP contribution in [0, 0.1) is 0 Å². The fourth-order valence-electron chi connectivity index (χ4n) is 1.49. The zero-order valence-corrected chi connectivity index (χ0v) is 9.10. The number of ether oxygens (including phenoxy) is 1. The number of carbonyl (C=O) groups excluding carboxylic acids is 2. The van der Waals surface area contributed by atoms with Crippen LogP contribution in [0.15, 0.2) is 0 Å². The third-order valence-electron chi connectivity index (χ3n) is 2.42. The molecule has 0 aromatic carbocycles. The molecule has 0 aromatic heterocycles. The molecule has 16 heavy (non-hydrogen) atoms. The number of carboxylic acid groups (broad SMARTS) is 1. The second kappa shape index (κ2) is 5.04. The summed E-state index contributed by atoms with van der Waals surface area (Å²) in [5.74, 6) is -1.84. The van der Waals surface area contributed by atoms with Gasteiger partial charge < -0.3 is 9.84 Å². The average Bonchev–Trinajstić information content (AvgIpc) is 2.45. The summed E-state index contributed by atoms with van der Waals surface area (Å²) in [7, 11) is 2.74. The van der Waals surface area contributed by atoms with Crippen LogP contribution in [0.1, 0.15) is 6.42 Å². The largest absolute Gasteiger partial charge is 0.480 e. The van der Waals surface area contributed by atoms with E-state index in [9.17, 15) is 14.4 Å². The van der Waals surface area contributed by atoms with Crippen molar-refractivity contribution in [2.75, 3.05) is 20.8 Å². The number of amides is 2. The summed E-state index contributed by atoms with van der Waals surface area (Å²) in [6.45, 7) is -0.0585. The first-order chi connectivity index (χ1) is 7.47. The predicted molar refractivity (Wildman–Crippen MR) is 52.6 cm³/mol. The van der Waals surface area contributed by atoms with E-state index in [1.165, 1.54) is 14.2 Å². The van der Waals surface area contributed by atoms with Crippen molar-refractivity contribution in [1.82, 2.24) is 10.2 Å². The fourth-order valence-corrected chi connectivity index (χ4v) is 1.49. The highest BCUT2D eigenvalue weighted by atomic mass is 16.5. The maximum Gasteiger partial charge on any atom is 0.323 e. The number of carbonyl (C=O) groups is 3. The van der Waals surface area contributed by atoms with Crippen LogP contribution in [-0.2, 0) is 19.1 Å². The van der Waals surface area contributed by atoms with E-state index in [2.05, 4.69) is 5.32 Å². The molecular formula is C9H14N2O5. The van der Waals surface area contributed by atoms with Crippen LogP contribution in [0.25, 0.3) is 0 Å². The lowest BCUT2D eigenvalue weighted by Gasteiger charge is -2.17. The van der Waals surface area contributed by atoms with Gasteiger partial charge in [-0.25, -0.2) is 0 Å². The number of likely N-dealkylation sites (tertiary alicyclic amines) is 1. The monoisotopic (exact) mass is 230 g/mol. The van der Waals surface area contributed by atoms with Crippen molar-refractivity contribution < 1.29 is 24.2 Å². The van der Waals surface area contributed by atoms with E-state index in [-0.39, 0.29) is 18.9 Å². The number of hydrogen-bond acceptors (Lipinski definition) is 5. The molecule has 0 spiro atoms. The van der Waals surface area contributed by atoms with Gasteiger partial charge in [-0.2, -0.15) is 0 Å². The lowest BCUT2D eigenvalue weighted by molar-refractivity contribution is -0.141. The first-order valence-corrected chi connectivity index (χ1v) is 4.75. The van der Waals surface area contributed by atoms with Gasteiger partial charge in [-0.15, -0.1) is 0 Å². The van der Waals surface area contributed by atoms with Crippen LogP contribution in [-0.4, -0.2) is 60.6 Å². The normalized spacial score (nSPS) is 22.6. The van der Waals surface area contributed by atoms with Gasteiger partial charge in [0.15, 0.2) is 0 Å². The summed E-state index contributed by atoms with van der Waals surface area (Å²) in [6.07, 6.45) is -0.0111. The molecule has 1 aliphatic heterocycles. The third-order valence-corrected chi connectivity index (χ3v) is 2.42. The average molecular weight is 230 g/mol. The van der Waals surface area contributed by atoms with Crippen molar-refractivity contribution in [2.45, 2.75) is 18.5 Å². The van der Waals surface area contributed by atoms with Gasteiger partial charge in [0.05, 0.1) is 19.1 Å². The van der Waals surface area contributed by atoms with Gasteiger partial charge in [0.1, 0.15) is 6.04 Å². The Morgan fingerprint density at radius 3 is 2.69 bits per heavy atom. The van der Waals surface area contributed by atoms with E-state index >= 15 is 0 Å². The van der Waals surface area contributed by atoms with Gasteiger partial charge in [0.2, 0.25) is 11.8 Å². The zero-order chi connectivity index (χ0) is 12.3. The summed E-state index contributed by atoms with van der Waals surface area (Å²) < 4.78 is 4.71. The Morgan fingerprint density at radius 2 is 2.31 bits per heavy atom. The number of aliphatic carboxylic acids is 1. The highest BCUT2D eigenvalue weighted by Gasteiger charge is 2.38. The van der Waals surface area contributed by atoms with Crippen LogP contribution < -0.4 is 5.32 Å². The Bertz CT molecular complexity index is 317. The van der Waals surface area contributed by atoms with Gasteiger partial charge in [0, 0.05) is 14.2 Å². The second-order valence-corrected chi connectivity index (χ2v) is 3.56. The molecule has 2 N–H and O–H groups in total.